The number of carbonyl (C=O) groups is 1. The summed E-state index contributed by atoms with van der Waals surface area (Å²) in [6, 6.07) is 11.9. The lowest BCUT2D eigenvalue weighted by Crippen LogP contribution is -2.26. The highest BCUT2D eigenvalue weighted by atomic mass is 19.4. The molecule has 2 aromatic carbocycles. The molecule has 1 unspecified atom stereocenters. The average molecular weight is 567 g/mol. The maximum atomic E-state index is 13.7. The lowest BCUT2D eigenvalue weighted by molar-refractivity contribution is -0.137. The van der Waals surface area contributed by atoms with E-state index >= 15 is 0 Å². The maximum absolute atomic E-state index is 13.7. The molecule has 216 valence electrons. The molecule has 41 heavy (non-hydrogen) atoms. The van der Waals surface area contributed by atoms with Crippen molar-refractivity contribution in [2.75, 3.05) is 23.0 Å². The Hall–Kier alpha value is -4.45. The van der Waals surface area contributed by atoms with Crippen LogP contribution in [-0.2, 0) is 6.18 Å². The summed E-state index contributed by atoms with van der Waals surface area (Å²) in [7, 11) is 1.76. The van der Waals surface area contributed by atoms with Gasteiger partial charge in [0.25, 0.3) is 5.91 Å². The minimum absolute atomic E-state index is 0.0510. The number of benzene rings is 2. The van der Waals surface area contributed by atoms with Gasteiger partial charge in [0.1, 0.15) is 18.0 Å². The summed E-state index contributed by atoms with van der Waals surface area (Å²) in [5, 5.41) is 16.8. The molecule has 0 saturated carbocycles. The number of halogens is 3. The molecular formula is C29H33F3N8O. The number of rotatable bonds is 9. The third kappa shape index (κ3) is 7.20. The molecule has 0 spiro atoms. The predicted molar refractivity (Wildman–Crippen MR) is 154 cm³/mol. The van der Waals surface area contributed by atoms with Gasteiger partial charge in [0.2, 0.25) is 0 Å². The molecular weight excluding hydrogens is 533 g/mol. The van der Waals surface area contributed by atoms with Gasteiger partial charge in [0, 0.05) is 48.2 Å². The van der Waals surface area contributed by atoms with Crippen molar-refractivity contribution in [1.82, 2.24) is 25.1 Å². The maximum Gasteiger partial charge on any atom is 0.416 e. The van der Waals surface area contributed by atoms with Gasteiger partial charge in [-0.3, -0.25) is 4.79 Å². The van der Waals surface area contributed by atoms with Crippen molar-refractivity contribution in [2.24, 2.45) is 0 Å². The minimum atomic E-state index is -4.59. The molecule has 2 aromatic heterocycles. The number of carbonyl (C=O) groups excluding carboxylic acids is 1. The topological polar surface area (TPSA) is 109 Å². The Morgan fingerprint density at radius 2 is 1.73 bits per heavy atom. The van der Waals surface area contributed by atoms with Crippen LogP contribution in [0.25, 0.3) is 5.82 Å². The standard InChI is InChI=1S/C29H33F3N8O/c1-16(2)36-19(5)20-10-21(12-22(11-20)29(30,31)32)28(41)37-23-8-7-17(3)24(13-23)38-27-9-18(4)39-40(27)26-14-25(33-6)34-15-35-26/h7-16,19,36,38H,1-6H3,(H,37,41)(H,33,34,35). The molecule has 1 atom stereocenters. The van der Waals surface area contributed by atoms with Crippen LogP contribution in [0.1, 0.15) is 59.6 Å². The van der Waals surface area contributed by atoms with Crippen LogP contribution in [-0.4, -0.2) is 38.7 Å². The van der Waals surface area contributed by atoms with E-state index in [0.717, 1.165) is 23.4 Å². The normalized spacial score (nSPS) is 12.3. The summed E-state index contributed by atoms with van der Waals surface area (Å²) in [6.45, 7) is 9.33. The number of alkyl halides is 3. The van der Waals surface area contributed by atoms with Crippen molar-refractivity contribution >= 4 is 28.9 Å². The van der Waals surface area contributed by atoms with E-state index in [4.69, 9.17) is 0 Å². The zero-order chi connectivity index (χ0) is 29.9. The van der Waals surface area contributed by atoms with Crippen molar-refractivity contribution in [1.29, 1.82) is 0 Å². The second-order valence-electron chi connectivity index (χ2n) is 10.1. The van der Waals surface area contributed by atoms with Gasteiger partial charge in [0.05, 0.1) is 11.3 Å². The first kappa shape index (κ1) is 29.5. The van der Waals surface area contributed by atoms with Gasteiger partial charge in [-0.2, -0.15) is 23.0 Å². The van der Waals surface area contributed by atoms with Crippen LogP contribution in [0.15, 0.2) is 54.9 Å². The molecule has 4 N–H and O–H groups in total. The van der Waals surface area contributed by atoms with Crippen LogP contribution in [0.5, 0.6) is 0 Å². The van der Waals surface area contributed by atoms with Crippen LogP contribution >= 0.6 is 0 Å². The Labute approximate surface area is 236 Å². The molecule has 0 radical (unpaired) electrons. The third-order valence-electron chi connectivity index (χ3n) is 6.34. The molecule has 2 heterocycles. The van der Waals surface area contributed by atoms with Crippen molar-refractivity contribution in [3.05, 3.63) is 82.8 Å². The van der Waals surface area contributed by atoms with Crippen molar-refractivity contribution < 1.29 is 18.0 Å². The van der Waals surface area contributed by atoms with E-state index in [2.05, 4.69) is 36.3 Å². The number of amides is 1. The Morgan fingerprint density at radius 3 is 2.41 bits per heavy atom. The molecule has 1 amide bonds. The number of hydrogen-bond donors (Lipinski definition) is 4. The summed E-state index contributed by atoms with van der Waals surface area (Å²) >= 11 is 0. The van der Waals surface area contributed by atoms with Gasteiger partial charge in [-0.15, -0.1) is 0 Å². The SMILES string of the molecule is CNc1cc(-n2nc(C)cc2Nc2cc(NC(=O)c3cc(C(C)NC(C)C)cc(C(F)(F)F)c3)ccc2C)ncn1. The first-order chi connectivity index (χ1) is 19.3. The molecule has 0 bridgehead atoms. The van der Waals surface area contributed by atoms with Crippen LogP contribution in [0.2, 0.25) is 0 Å². The van der Waals surface area contributed by atoms with E-state index in [1.807, 2.05) is 39.8 Å². The highest BCUT2D eigenvalue weighted by Gasteiger charge is 2.32. The Balaban J connectivity index is 1.62. The van der Waals surface area contributed by atoms with Crippen LogP contribution in [0.4, 0.5) is 36.2 Å². The van der Waals surface area contributed by atoms with Crippen molar-refractivity contribution in [2.45, 2.75) is 52.9 Å². The second kappa shape index (κ2) is 12.0. The molecule has 9 nitrogen and oxygen atoms in total. The molecule has 12 heteroatoms. The van der Waals surface area contributed by atoms with Gasteiger partial charge >= 0.3 is 6.18 Å². The molecule has 0 fully saturated rings. The Bertz CT molecular complexity index is 1550. The lowest BCUT2D eigenvalue weighted by atomic mass is 9.99. The van der Waals surface area contributed by atoms with E-state index in [9.17, 15) is 18.0 Å². The van der Waals surface area contributed by atoms with Gasteiger partial charge in [-0.1, -0.05) is 19.9 Å². The van der Waals surface area contributed by atoms with Crippen LogP contribution in [0.3, 0.4) is 0 Å². The number of aromatic nitrogens is 4. The monoisotopic (exact) mass is 566 g/mol. The van der Waals surface area contributed by atoms with Gasteiger partial charge in [0.15, 0.2) is 5.82 Å². The number of hydrogen-bond acceptors (Lipinski definition) is 7. The molecule has 4 aromatic rings. The highest BCUT2D eigenvalue weighted by Crippen LogP contribution is 2.33. The smallest absolute Gasteiger partial charge is 0.373 e. The number of nitrogens with one attached hydrogen (secondary N) is 4. The summed E-state index contributed by atoms with van der Waals surface area (Å²) in [5.74, 6) is 1.15. The summed E-state index contributed by atoms with van der Waals surface area (Å²) in [4.78, 5) is 21.6. The minimum Gasteiger partial charge on any atom is -0.373 e. The molecule has 0 aliphatic carbocycles. The number of nitrogens with zero attached hydrogens (tertiary/aromatic N) is 4. The molecule has 0 aliphatic heterocycles. The van der Waals surface area contributed by atoms with Crippen molar-refractivity contribution in [3.8, 4) is 5.82 Å². The largest absolute Gasteiger partial charge is 0.416 e. The van der Waals surface area contributed by atoms with E-state index < -0.39 is 17.6 Å². The van der Waals surface area contributed by atoms with Gasteiger partial charge in [-0.25, -0.2) is 9.97 Å². The van der Waals surface area contributed by atoms with Crippen molar-refractivity contribution in [3.63, 3.8) is 0 Å². The third-order valence-corrected chi connectivity index (χ3v) is 6.34. The number of aryl methyl sites for hydroxylation is 2. The van der Waals surface area contributed by atoms with Gasteiger partial charge in [-0.05, 0) is 62.2 Å². The summed E-state index contributed by atoms with van der Waals surface area (Å²) < 4.78 is 42.7. The Morgan fingerprint density at radius 1 is 0.976 bits per heavy atom. The molecule has 0 aliphatic rings. The average Bonchev–Trinajstić information content (AvgIpc) is 3.29. The van der Waals surface area contributed by atoms with E-state index in [1.165, 1.54) is 12.4 Å². The fourth-order valence-corrected chi connectivity index (χ4v) is 4.33. The second-order valence-corrected chi connectivity index (χ2v) is 10.1. The first-order valence-electron chi connectivity index (χ1n) is 13.1. The number of anilines is 4. The first-order valence-corrected chi connectivity index (χ1v) is 13.1. The molecule has 4 rings (SSSR count). The lowest BCUT2D eigenvalue weighted by Gasteiger charge is -2.20. The van der Waals surface area contributed by atoms with E-state index in [1.54, 1.807) is 36.9 Å². The van der Waals surface area contributed by atoms with E-state index in [-0.39, 0.29) is 17.6 Å². The molecule has 0 saturated heterocycles. The highest BCUT2D eigenvalue weighted by molar-refractivity contribution is 6.04. The summed E-state index contributed by atoms with van der Waals surface area (Å²) in [5.41, 5.74) is 2.13. The summed E-state index contributed by atoms with van der Waals surface area (Å²) in [6.07, 6.45) is -3.16. The Kier molecular flexibility index (Phi) is 8.62. The predicted octanol–water partition coefficient (Wildman–Crippen LogP) is 6.39. The van der Waals surface area contributed by atoms with Crippen LogP contribution in [0, 0.1) is 13.8 Å². The zero-order valence-electron chi connectivity index (χ0n) is 23.7. The van der Waals surface area contributed by atoms with Crippen LogP contribution < -0.4 is 21.3 Å². The quantitative estimate of drug-likeness (QED) is 0.186. The van der Waals surface area contributed by atoms with E-state index in [0.29, 0.717) is 34.4 Å². The fraction of sp³-hybridized carbons (Fsp3) is 0.310. The van der Waals surface area contributed by atoms with Gasteiger partial charge < -0.3 is 21.3 Å². The fourth-order valence-electron chi connectivity index (χ4n) is 4.33. The zero-order valence-corrected chi connectivity index (χ0v) is 23.7.